The lowest BCUT2D eigenvalue weighted by atomic mass is 10.0. The van der Waals surface area contributed by atoms with Gasteiger partial charge in [0, 0.05) is 28.9 Å². The molecule has 3 aromatic carbocycles. The fourth-order valence-electron chi connectivity index (χ4n) is 3.64. The van der Waals surface area contributed by atoms with Gasteiger partial charge >= 0.3 is 0 Å². The number of carbonyl (C=O) groups is 2. The number of nitrogens with zero attached hydrogens (tertiary/aromatic N) is 1. The highest BCUT2D eigenvalue weighted by atomic mass is 19.2. The largest absolute Gasteiger partial charge is 0.337 e. The Morgan fingerprint density at radius 3 is 2.32 bits per heavy atom. The van der Waals surface area contributed by atoms with Crippen molar-refractivity contribution < 1.29 is 22.8 Å². The van der Waals surface area contributed by atoms with Crippen molar-refractivity contribution in [1.29, 1.82) is 0 Å². The summed E-state index contributed by atoms with van der Waals surface area (Å²) in [6.45, 7) is 1.61. The van der Waals surface area contributed by atoms with Gasteiger partial charge in [-0.15, -0.1) is 0 Å². The third-order valence-electron chi connectivity index (χ3n) is 5.43. The summed E-state index contributed by atoms with van der Waals surface area (Å²) in [5.74, 6) is -4.02. The number of nitrogens with one attached hydrogen (secondary N) is 1. The number of fused-ring (bicyclic) bond motifs is 1. The maximum atomic E-state index is 13.9. The molecular formula is C26H19F3N2O3. The van der Waals surface area contributed by atoms with E-state index in [1.807, 2.05) is 6.92 Å². The summed E-state index contributed by atoms with van der Waals surface area (Å²) in [6, 6.07) is 13.2. The molecule has 1 N–H and O–H groups in total. The molecule has 5 nitrogen and oxygen atoms in total. The molecule has 0 unspecified atom stereocenters. The molecule has 0 bridgehead atoms. The minimum atomic E-state index is -1.12. The Morgan fingerprint density at radius 2 is 1.65 bits per heavy atom. The molecule has 0 aliphatic rings. The standard InChI is InChI=1S/C26H19F3N2O3/c1-2-15-3-5-16(6-4-15)25(33)20-13-31(23-10-7-17(27)11-19(23)26(20)34)14-24(32)30-18-8-9-21(28)22(29)12-18/h3-13H,2,14H2,1H3,(H,30,32). The summed E-state index contributed by atoms with van der Waals surface area (Å²) >= 11 is 0. The molecule has 0 radical (unpaired) electrons. The lowest BCUT2D eigenvalue weighted by molar-refractivity contribution is -0.116. The minimum Gasteiger partial charge on any atom is -0.337 e. The molecule has 0 spiro atoms. The number of rotatable bonds is 6. The summed E-state index contributed by atoms with van der Waals surface area (Å²) in [5.41, 5.74) is 0.697. The molecule has 0 aliphatic carbocycles. The Kier molecular flexibility index (Phi) is 6.32. The molecule has 0 fully saturated rings. The number of aromatic nitrogens is 1. The molecule has 0 atom stereocenters. The van der Waals surface area contributed by atoms with E-state index in [0.29, 0.717) is 0 Å². The molecule has 1 amide bonds. The van der Waals surface area contributed by atoms with Gasteiger partial charge in [0.2, 0.25) is 11.3 Å². The van der Waals surface area contributed by atoms with E-state index in [4.69, 9.17) is 0 Å². The van der Waals surface area contributed by atoms with Gasteiger partial charge in [-0.25, -0.2) is 13.2 Å². The first-order valence-electron chi connectivity index (χ1n) is 10.5. The van der Waals surface area contributed by atoms with Crippen molar-refractivity contribution in [2.45, 2.75) is 19.9 Å². The van der Waals surface area contributed by atoms with Crippen LogP contribution >= 0.6 is 0 Å². The van der Waals surface area contributed by atoms with Crippen LogP contribution in [0, 0.1) is 17.5 Å². The normalized spacial score (nSPS) is 10.9. The Bertz CT molecular complexity index is 1480. The van der Waals surface area contributed by atoms with Gasteiger partial charge in [-0.1, -0.05) is 31.2 Å². The van der Waals surface area contributed by atoms with Crippen LogP contribution in [0.2, 0.25) is 0 Å². The van der Waals surface area contributed by atoms with E-state index < -0.39 is 34.6 Å². The number of aryl methyl sites for hydroxylation is 1. The van der Waals surface area contributed by atoms with Crippen molar-refractivity contribution >= 4 is 28.3 Å². The highest BCUT2D eigenvalue weighted by Gasteiger charge is 2.19. The number of amides is 1. The Balaban J connectivity index is 1.74. The van der Waals surface area contributed by atoms with E-state index in [-0.39, 0.29) is 34.3 Å². The summed E-state index contributed by atoms with van der Waals surface area (Å²) in [6.07, 6.45) is 2.03. The average molecular weight is 464 g/mol. The van der Waals surface area contributed by atoms with E-state index >= 15 is 0 Å². The average Bonchev–Trinajstić information content (AvgIpc) is 2.83. The van der Waals surface area contributed by atoms with Crippen molar-refractivity contribution in [3.8, 4) is 0 Å². The zero-order valence-corrected chi connectivity index (χ0v) is 18.1. The van der Waals surface area contributed by atoms with Gasteiger partial charge in [0.05, 0.1) is 11.1 Å². The highest BCUT2D eigenvalue weighted by molar-refractivity contribution is 6.10. The second-order valence-electron chi connectivity index (χ2n) is 7.72. The summed E-state index contributed by atoms with van der Waals surface area (Å²) in [5, 5.41) is 2.38. The van der Waals surface area contributed by atoms with E-state index in [9.17, 15) is 27.6 Å². The molecular weight excluding hydrogens is 445 g/mol. The molecule has 34 heavy (non-hydrogen) atoms. The number of pyridine rings is 1. The number of hydrogen-bond acceptors (Lipinski definition) is 3. The number of hydrogen-bond donors (Lipinski definition) is 1. The fourth-order valence-corrected chi connectivity index (χ4v) is 3.64. The second-order valence-corrected chi connectivity index (χ2v) is 7.72. The SMILES string of the molecule is CCc1ccc(C(=O)c2cn(CC(=O)Nc3ccc(F)c(F)c3)c3ccc(F)cc3c2=O)cc1. The predicted octanol–water partition coefficient (Wildman–Crippen LogP) is 4.85. The third kappa shape index (κ3) is 4.61. The van der Waals surface area contributed by atoms with Gasteiger partial charge in [0.15, 0.2) is 17.4 Å². The first-order valence-corrected chi connectivity index (χ1v) is 10.5. The number of ketones is 1. The van der Waals surface area contributed by atoms with Crippen LogP contribution in [0.3, 0.4) is 0 Å². The lowest BCUT2D eigenvalue weighted by Gasteiger charge is -2.14. The molecule has 4 rings (SSSR count). The molecule has 8 heteroatoms. The van der Waals surface area contributed by atoms with Crippen LogP contribution in [0.15, 0.2) is 71.7 Å². The molecule has 4 aromatic rings. The minimum absolute atomic E-state index is 0.0348. The molecule has 1 aromatic heterocycles. The maximum absolute atomic E-state index is 13.9. The molecule has 172 valence electrons. The van der Waals surface area contributed by atoms with Crippen LogP contribution in [0.25, 0.3) is 10.9 Å². The van der Waals surface area contributed by atoms with Crippen LogP contribution in [-0.4, -0.2) is 16.3 Å². The quantitative estimate of drug-likeness (QED) is 0.415. The first-order chi connectivity index (χ1) is 16.3. The summed E-state index contributed by atoms with van der Waals surface area (Å²) in [4.78, 5) is 38.8. The van der Waals surface area contributed by atoms with Crippen molar-refractivity contribution in [2.24, 2.45) is 0 Å². The Labute approximate surface area is 192 Å². The molecule has 1 heterocycles. The van der Waals surface area contributed by atoms with Gasteiger partial charge in [-0.05, 0) is 42.3 Å². The lowest BCUT2D eigenvalue weighted by Crippen LogP contribution is -2.24. The topological polar surface area (TPSA) is 68.2 Å². The van der Waals surface area contributed by atoms with Crippen LogP contribution in [0.5, 0.6) is 0 Å². The van der Waals surface area contributed by atoms with E-state index in [1.165, 1.54) is 22.9 Å². The van der Waals surface area contributed by atoms with Gasteiger partial charge in [-0.3, -0.25) is 14.4 Å². The van der Waals surface area contributed by atoms with Crippen LogP contribution in [-0.2, 0) is 17.8 Å². The van der Waals surface area contributed by atoms with Crippen molar-refractivity contribution in [3.05, 3.63) is 111 Å². The van der Waals surface area contributed by atoms with Gasteiger partial charge in [0.1, 0.15) is 12.4 Å². The Morgan fingerprint density at radius 1 is 0.912 bits per heavy atom. The van der Waals surface area contributed by atoms with Crippen molar-refractivity contribution in [2.75, 3.05) is 5.32 Å². The van der Waals surface area contributed by atoms with Gasteiger partial charge in [0.25, 0.3) is 0 Å². The molecule has 0 aliphatic heterocycles. The van der Waals surface area contributed by atoms with E-state index in [1.54, 1.807) is 24.3 Å². The fraction of sp³-hybridized carbons (Fsp3) is 0.115. The van der Waals surface area contributed by atoms with Crippen LogP contribution in [0.1, 0.15) is 28.4 Å². The summed E-state index contributed by atoms with van der Waals surface area (Å²) in [7, 11) is 0. The third-order valence-corrected chi connectivity index (χ3v) is 5.43. The number of halogens is 3. The van der Waals surface area contributed by atoms with Crippen molar-refractivity contribution in [3.63, 3.8) is 0 Å². The van der Waals surface area contributed by atoms with Crippen LogP contribution < -0.4 is 10.7 Å². The van der Waals surface area contributed by atoms with E-state index in [2.05, 4.69) is 5.32 Å². The maximum Gasteiger partial charge on any atom is 0.244 e. The second kappa shape index (κ2) is 9.35. The van der Waals surface area contributed by atoms with E-state index in [0.717, 1.165) is 36.2 Å². The predicted molar refractivity (Wildman–Crippen MR) is 122 cm³/mol. The smallest absolute Gasteiger partial charge is 0.244 e. The zero-order valence-electron chi connectivity index (χ0n) is 18.1. The summed E-state index contributed by atoms with van der Waals surface area (Å²) < 4.78 is 41.9. The van der Waals surface area contributed by atoms with Crippen LogP contribution in [0.4, 0.5) is 18.9 Å². The number of anilines is 1. The van der Waals surface area contributed by atoms with Gasteiger partial charge < -0.3 is 9.88 Å². The highest BCUT2D eigenvalue weighted by Crippen LogP contribution is 2.18. The first kappa shape index (κ1) is 23.0. The number of benzene rings is 3. The van der Waals surface area contributed by atoms with Gasteiger partial charge in [-0.2, -0.15) is 0 Å². The molecule has 0 saturated heterocycles. The number of carbonyl (C=O) groups excluding carboxylic acids is 2. The monoisotopic (exact) mass is 464 g/mol. The van der Waals surface area contributed by atoms with Crippen molar-refractivity contribution in [1.82, 2.24) is 4.57 Å². The zero-order chi connectivity index (χ0) is 24.4. The molecule has 0 saturated carbocycles. The Hall–Kier alpha value is -4.20.